The molecule has 730 valence electrons. The first kappa shape index (κ1) is 52.4. The van der Waals surface area contributed by atoms with Crippen LogP contribution >= 0.6 is 0 Å². The Kier molecular flexibility index (Phi) is 12.3. The summed E-state index contributed by atoms with van der Waals surface area (Å²) in [7, 11) is 6.59. The molecule has 10 atom stereocenters. The van der Waals surface area contributed by atoms with Crippen molar-refractivity contribution >= 4 is 114 Å². The number of hydrogen-bond acceptors (Lipinski definition) is 20. The monoisotopic (exact) mass is 1990 g/mol. The third-order valence-corrected chi connectivity index (χ3v) is 25.9. The molecule has 20 heterocycles. The van der Waals surface area contributed by atoms with Crippen molar-refractivity contribution in [1.82, 2.24) is 73.9 Å². The van der Waals surface area contributed by atoms with Gasteiger partial charge in [-0.25, -0.2) is 0 Å². The summed E-state index contributed by atoms with van der Waals surface area (Å²) < 4.78 is 440. The zero-order valence-electron chi connectivity index (χ0n) is 120. The van der Waals surface area contributed by atoms with Crippen LogP contribution in [0.5, 0.6) is 57.5 Å². The van der Waals surface area contributed by atoms with Crippen LogP contribution in [0.1, 0.15) is 176 Å². The van der Waals surface area contributed by atoms with Crippen LogP contribution in [0.25, 0.3) is 54.5 Å². The molecule has 15 aromatic rings. The molecule has 0 saturated carbocycles. The number of aromatic amines is 5. The Morgan fingerprint density at radius 2 is 0.524 bits per heavy atom. The Balaban J connectivity index is 0.000000113. The van der Waals surface area contributed by atoms with Crippen molar-refractivity contribution in [2.45, 2.75) is 92.2 Å². The average molecular weight is 1990 g/mol. The molecular weight excluding hydrogens is 1850 g/mol. The summed E-state index contributed by atoms with van der Waals surface area (Å²) in [6, 6.07) is -20.4. The van der Waals surface area contributed by atoms with Gasteiger partial charge < -0.3 is 121 Å². The van der Waals surface area contributed by atoms with Crippen molar-refractivity contribution in [3.8, 4) is 57.5 Å². The van der Waals surface area contributed by atoms with E-state index in [4.69, 9.17) is 102 Å². The standard InChI is InChI=1S/5C22H19N3O4/c5*1-24-10-19(26)25-16(22(24)27)9-14-13-4-2-3-5-15(13)23-20(14)21(25)12-6-7-17-18(8-12)29-11-28-17/h5*2-8,16,21,23H,9-11H2,1H3/t5*16-,21-/m11111/s1/i2D,3D,4D,5D,6D,7D,8D,9D2,11D2,21D;2D,3D,4D,5D,6D,7D,8D,9D2,21D;2D,3D,4D,5D,9D2,11D2,21D;6D,7D,8D,9D2,11D2,21D;6D,7D,8D,9D2,21D. The molecule has 5 aromatic heterocycles. The number of aromatic nitrogens is 5. The molecule has 0 spiro atoms. The van der Waals surface area contributed by atoms with Crippen LogP contribution in [0.4, 0.5) is 0 Å². The molecule has 35 heteroatoms. The van der Waals surface area contributed by atoms with Crippen molar-refractivity contribution in [1.29, 1.82) is 0 Å². The van der Waals surface area contributed by atoms with Gasteiger partial charge in [0.15, 0.2) is 57.5 Å². The second-order valence-corrected chi connectivity index (χ2v) is 34.5. The number of amides is 10. The van der Waals surface area contributed by atoms with E-state index in [1.54, 1.807) is 48.5 Å². The van der Waals surface area contributed by atoms with Gasteiger partial charge in [-0.15, -0.1) is 0 Å². The highest BCUT2D eigenvalue weighted by atomic mass is 16.7. The first-order chi connectivity index (χ1) is 88.4. The number of fused-ring (bicyclic) bond motifs is 25. The van der Waals surface area contributed by atoms with Gasteiger partial charge >= 0.3 is 0 Å². The summed E-state index contributed by atoms with van der Waals surface area (Å²) >= 11 is 0. The number of piperazine rings is 5. The van der Waals surface area contributed by atoms with Gasteiger partial charge in [0.25, 0.3) is 0 Å². The lowest BCUT2D eigenvalue weighted by molar-refractivity contribution is -0.157. The summed E-state index contributed by atoms with van der Waals surface area (Å²) in [5, 5.41) is -0.161. The maximum absolute atomic E-state index is 13.6. The number of ether oxygens (including phenoxy) is 10. The molecule has 10 aromatic carbocycles. The largest absolute Gasteiger partial charge is 0.454 e. The number of hydrogen-bond donors (Lipinski definition) is 5. The van der Waals surface area contributed by atoms with E-state index in [9.17, 15) is 54.8 Å². The van der Waals surface area contributed by atoms with E-state index < -0.39 is 411 Å². The number of para-hydroxylation sites is 5. The summed E-state index contributed by atoms with van der Waals surface area (Å²) in [4.78, 5) is 157. The smallest absolute Gasteiger partial charge is 0.245 e. The number of carbonyl (C=O) groups excluding carboxylic acids is 10. The Bertz CT molecular complexity index is 10800. The van der Waals surface area contributed by atoms with E-state index in [-0.39, 0.29) is 126 Å². The molecule has 0 radical (unpaired) electrons. The van der Waals surface area contributed by atoms with Crippen molar-refractivity contribution in [2.75, 3.05) is 102 Å². The SMILES string of the molecule is [2H]c1c([2H])c([2H])c2c3c([nH]c2c1[2H])[C@@]([2H])(c1ccc2c(c1)OC([2H])([2H])O2)N1C(=O)CN(C)C(=O)[C@H]1C3([2H])[2H].[2H]c1c([2H])c([C@]2([2H])c3[nH]c4c([2H])c([2H])c([2H])c([2H])c4c3C([2H])([2H])[C@@H]3C(=O)N(C)CC(=O)N32)c([2H])c2c1OC([2H])([2H])O2.[2H]c1c([2H])c([C@]2([2H])c3[nH]c4c([2H])c([2H])c([2H])c([2H])c4c3C([2H])([2H])[C@@H]3C(=O)N(C)CC(=O)N32)c([2H])c2c1OCO2.[2H]c1c([2H])c([C@]2([2H])c3[nH]c4ccccc4c3C([2H])([2H])[C@@H]3C(=O)N(C)CC(=O)N32)c([2H])c2c1OC([2H])([2H])O2.[2H]c1c([2H])c([C@]2([2H])c3[nH]c4ccccc4c3C([2H])([2H])[C@@H]3C(=O)N(C)CC(=O)N32)c([2H])c2c1OCO2. The zero-order valence-corrected chi connectivity index (χ0v) is 75.3. The number of nitrogens with one attached hydrogen (secondary N) is 5. The molecule has 30 rings (SSSR count). The predicted molar refractivity (Wildman–Crippen MR) is 523 cm³/mol. The van der Waals surface area contributed by atoms with Gasteiger partial charge in [0.05, 0.1) is 103 Å². The molecule has 15 aliphatic rings. The molecule has 145 heavy (non-hydrogen) atoms. The van der Waals surface area contributed by atoms with Crippen LogP contribution in [-0.4, -0.2) is 265 Å². The molecule has 5 saturated heterocycles. The maximum Gasteiger partial charge on any atom is 0.245 e. The number of rotatable bonds is 5. The number of H-pyrrole nitrogens is 5. The summed E-state index contributed by atoms with van der Waals surface area (Å²) in [5.41, 5.74) is -5.12. The molecular formula is C110H95N15O20. The van der Waals surface area contributed by atoms with Gasteiger partial charge in [-0.1, -0.05) is 121 Å². The van der Waals surface area contributed by atoms with Crippen LogP contribution in [0.2, 0.25) is 0 Å². The minimum absolute atomic E-state index is 0.00352. The van der Waals surface area contributed by atoms with Gasteiger partial charge in [0.1, 0.15) is 38.4 Å². The van der Waals surface area contributed by atoms with Gasteiger partial charge in [-0.2, -0.15) is 0 Å². The van der Waals surface area contributed by atoms with Crippen molar-refractivity contribution < 1.29 is 157 Å². The van der Waals surface area contributed by atoms with E-state index in [1.165, 1.54) is 53.4 Å². The molecule has 5 N–H and O–H groups in total. The summed E-state index contributed by atoms with van der Waals surface area (Å²) in [6.45, 7) is -11.1. The Hall–Kier alpha value is -17.4. The summed E-state index contributed by atoms with van der Waals surface area (Å²) in [5.74, 6) is -11.2. The van der Waals surface area contributed by atoms with E-state index in [0.717, 1.165) is 39.2 Å². The normalized spacial score (nSPS) is 32.6. The lowest BCUT2D eigenvalue weighted by atomic mass is 9.86. The minimum Gasteiger partial charge on any atom is -0.454 e. The van der Waals surface area contributed by atoms with Crippen molar-refractivity contribution in [3.63, 3.8) is 0 Å². The molecule has 0 aliphatic carbocycles. The number of likely N-dealkylation sites (N-methyl/N-ethyl adjacent to an activating group) is 5. The topological polar surface area (TPSA) is 374 Å². The molecule has 35 nitrogen and oxygen atoms in total. The predicted octanol–water partition coefficient (Wildman–Crippen LogP) is 11.1. The maximum atomic E-state index is 13.6. The fourth-order valence-corrected chi connectivity index (χ4v) is 19.3. The number of carbonyl (C=O) groups is 10. The molecule has 10 amide bonds. The van der Waals surface area contributed by atoms with Crippen LogP contribution in [0.15, 0.2) is 212 Å². The lowest BCUT2D eigenvalue weighted by Crippen LogP contribution is -2.62. The van der Waals surface area contributed by atoms with E-state index in [0.29, 0.717) is 31.6 Å². The second kappa shape index (κ2) is 33.9. The van der Waals surface area contributed by atoms with Crippen molar-refractivity contribution in [2.24, 2.45) is 0 Å². The van der Waals surface area contributed by atoms with Gasteiger partial charge in [0, 0.05) is 164 Å². The minimum atomic E-state index is -2.86. The third-order valence-electron chi connectivity index (χ3n) is 25.9. The van der Waals surface area contributed by atoms with Crippen LogP contribution in [-0.2, 0) is 79.8 Å². The quantitative estimate of drug-likeness (QED) is 0.107. The molecule has 15 aliphatic heterocycles. The van der Waals surface area contributed by atoms with Gasteiger partial charge in [0.2, 0.25) is 92.9 Å². The van der Waals surface area contributed by atoms with E-state index >= 15 is 0 Å². The third kappa shape index (κ3) is 14.2. The first-order valence-electron chi connectivity index (χ1n) is 66.7. The number of nitrogens with zero attached hydrogens (tertiary/aromatic N) is 10. The van der Waals surface area contributed by atoms with E-state index in [2.05, 4.69) is 24.9 Å². The Labute approximate surface area is 890 Å². The highest BCUT2D eigenvalue weighted by molar-refractivity contribution is 6.03. The molecule has 0 bridgehead atoms. The van der Waals surface area contributed by atoms with Crippen LogP contribution in [0, 0.1) is 0 Å². The van der Waals surface area contributed by atoms with Gasteiger partial charge in [-0.3, -0.25) is 47.9 Å². The average Bonchev–Trinajstić information content (AvgIpc) is 1.49. The van der Waals surface area contributed by atoms with Crippen LogP contribution in [0.3, 0.4) is 0 Å². The fourth-order valence-electron chi connectivity index (χ4n) is 19.3. The Morgan fingerprint density at radius 3 is 0.855 bits per heavy atom. The first-order valence-corrected chi connectivity index (χ1v) is 44.2. The highest BCUT2D eigenvalue weighted by Crippen LogP contribution is 2.53. The lowest BCUT2D eigenvalue weighted by Gasteiger charge is -2.46. The Morgan fingerprint density at radius 1 is 0.269 bits per heavy atom. The van der Waals surface area contributed by atoms with Crippen molar-refractivity contribution in [3.05, 3.63) is 296 Å². The fraction of sp³-hybridized carbons (Fsp3) is 0.273. The zero-order chi connectivity index (χ0) is 138. The van der Waals surface area contributed by atoms with Crippen LogP contribution < -0.4 is 47.4 Å². The summed E-state index contributed by atoms with van der Waals surface area (Å²) in [6.07, 6.45) is -13.2. The number of benzene rings is 10. The molecule has 0 unspecified atom stereocenters. The second-order valence-electron chi connectivity index (χ2n) is 34.5. The van der Waals surface area contributed by atoms with Gasteiger partial charge in [-0.05, 0) is 146 Å². The van der Waals surface area contributed by atoms with E-state index in [1.807, 2.05) is 0 Å². The highest BCUT2D eigenvalue weighted by Gasteiger charge is 2.55. The molecule has 5 fully saturated rings.